The molecule has 0 radical (unpaired) electrons. The average Bonchev–Trinajstić information content (AvgIpc) is 2.28. The molecule has 0 aromatic heterocycles. The van der Waals surface area contributed by atoms with Crippen molar-refractivity contribution in [1.29, 1.82) is 0 Å². The Morgan fingerprint density at radius 1 is 1.38 bits per heavy atom. The molecule has 0 aliphatic heterocycles. The van der Waals surface area contributed by atoms with Gasteiger partial charge in [0.05, 0.1) is 7.11 Å². The van der Waals surface area contributed by atoms with Crippen molar-refractivity contribution in [2.75, 3.05) is 7.11 Å². The van der Waals surface area contributed by atoms with E-state index in [0.717, 1.165) is 12.2 Å². The summed E-state index contributed by atoms with van der Waals surface area (Å²) in [4.78, 5) is 0. The van der Waals surface area contributed by atoms with Crippen LogP contribution in [-0.4, -0.2) is 13.2 Å². The van der Waals surface area contributed by atoms with Crippen LogP contribution in [0.1, 0.15) is 43.9 Å². The third-order valence-electron chi connectivity index (χ3n) is 3.22. The Morgan fingerprint density at radius 3 is 2.88 bits per heavy atom. The first-order valence-corrected chi connectivity index (χ1v) is 6.14. The second-order valence-electron chi connectivity index (χ2n) is 4.79. The predicted octanol–water partition coefficient (Wildman–Crippen LogP) is 3.07. The van der Waals surface area contributed by atoms with Gasteiger partial charge in [0, 0.05) is 12.1 Å². The van der Waals surface area contributed by atoms with Crippen molar-refractivity contribution in [2.24, 2.45) is 0 Å². The van der Waals surface area contributed by atoms with Gasteiger partial charge in [-0.25, -0.2) is 0 Å². The first-order valence-electron chi connectivity index (χ1n) is 6.14. The van der Waals surface area contributed by atoms with Crippen LogP contribution < -0.4 is 10.1 Å². The van der Waals surface area contributed by atoms with Gasteiger partial charge in [-0.2, -0.15) is 0 Å². The minimum absolute atomic E-state index is 0.499. The molecule has 1 aliphatic carbocycles. The van der Waals surface area contributed by atoms with Gasteiger partial charge in [-0.05, 0) is 36.5 Å². The lowest BCUT2D eigenvalue weighted by atomic mass is 9.87. The standard InChI is InChI=1S/C14H21NO/c1-10(2)15-13-8-4-7-12-11(13)6-5-9-14(12)16-3/h5-6,9-10,13,15H,4,7-8H2,1-3H3/t13-/m1/s1. The van der Waals surface area contributed by atoms with Gasteiger partial charge in [0.2, 0.25) is 0 Å². The van der Waals surface area contributed by atoms with E-state index in [1.165, 1.54) is 24.0 Å². The van der Waals surface area contributed by atoms with Crippen LogP contribution in [0.3, 0.4) is 0 Å². The summed E-state index contributed by atoms with van der Waals surface area (Å²) in [7, 11) is 1.76. The summed E-state index contributed by atoms with van der Waals surface area (Å²) in [6.45, 7) is 4.41. The Balaban J connectivity index is 2.31. The quantitative estimate of drug-likeness (QED) is 0.843. The summed E-state index contributed by atoms with van der Waals surface area (Å²) < 4.78 is 5.44. The average molecular weight is 219 g/mol. The van der Waals surface area contributed by atoms with Gasteiger partial charge in [-0.15, -0.1) is 0 Å². The van der Waals surface area contributed by atoms with Gasteiger partial charge in [-0.3, -0.25) is 0 Å². The molecule has 0 saturated carbocycles. The summed E-state index contributed by atoms with van der Waals surface area (Å²) >= 11 is 0. The highest BCUT2D eigenvalue weighted by molar-refractivity contribution is 5.43. The van der Waals surface area contributed by atoms with Crippen LogP contribution in [0.15, 0.2) is 18.2 Å². The number of hydrogen-bond donors (Lipinski definition) is 1. The number of hydrogen-bond acceptors (Lipinski definition) is 2. The molecule has 0 amide bonds. The molecule has 1 atom stereocenters. The predicted molar refractivity (Wildman–Crippen MR) is 66.9 cm³/mol. The molecule has 1 aromatic carbocycles. The van der Waals surface area contributed by atoms with E-state index in [9.17, 15) is 0 Å². The zero-order valence-corrected chi connectivity index (χ0v) is 10.4. The Bertz CT molecular complexity index is 360. The van der Waals surface area contributed by atoms with Crippen molar-refractivity contribution in [3.63, 3.8) is 0 Å². The molecule has 0 spiro atoms. The maximum absolute atomic E-state index is 5.44. The van der Waals surface area contributed by atoms with Crippen LogP contribution in [0.25, 0.3) is 0 Å². The van der Waals surface area contributed by atoms with Gasteiger partial charge in [-0.1, -0.05) is 26.0 Å². The molecule has 0 unspecified atom stereocenters. The molecule has 0 saturated heterocycles. The Hall–Kier alpha value is -1.02. The van der Waals surface area contributed by atoms with E-state index in [-0.39, 0.29) is 0 Å². The highest BCUT2D eigenvalue weighted by Gasteiger charge is 2.22. The molecule has 88 valence electrons. The third kappa shape index (κ3) is 2.22. The minimum atomic E-state index is 0.499. The molecular weight excluding hydrogens is 198 g/mol. The molecule has 1 aliphatic rings. The van der Waals surface area contributed by atoms with Gasteiger partial charge >= 0.3 is 0 Å². The minimum Gasteiger partial charge on any atom is -0.496 e. The number of nitrogens with one attached hydrogen (secondary N) is 1. The van der Waals surface area contributed by atoms with E-state index in [4.69, 9.17) is 4.74 Å². The van der Waals surface area contributed by atoms with Crippen molar-refractivity contribution in [3.8, 4) is 5.75 Å². The van der Waals surface area contributed by atoms with E-state index >= 15 is 0 Å². The first kappa shape index (κ1) is 11.5. The zero-order chi connectivity index (χ0) is 11.5. The molecule has 2 rings (SSSR count). The number of methoxy groups -OCH3 is 1. The fourth-order valence-electron chi connectivity index (χ4n) is 2.58. The van der Waals surface area contributed by atoms with Crippen molar-refractivity contribution in [3.05, 3.63) is 29.3 Å². The normalized spacial score (nSPS) is 19.6. The lowest BCUT2D eigenvalue weighted by molar-refractivity contribution is 0.388. The Labute approximate surface area is 98.0 Å². The molecule has 16 heavy (non-hydrogen) atoms. The zero-order valence-electron chi connectivity index (χ0n) is 10.4. The smallest absolute Gasteiger partial charge is 0.122 e. The summed E-state index contributed by atoms with van der Waals surface area (Å²) in [5.74, 6) is 1.05. The maximum Gasteiger partial charge on any atom is 0.122 e. The largest absolute Gasteiger partial charge is 0.496 e. The second-order valence-corrected chi connectivity index (χ2v) is 4.79. The second kappa shape index (κ2) is 4.88. The Morgan fingerprint density at radius 2 is 2.19 bits per heavy atom. The lowest BCUT2D eigenvalue weighted by Crippen LogP contribution is -2.30. The van der Waals surface area contributed by atoms with Crippen molar-refractivity contribution in [2.45, 2.75) is 45.2 Å². The van der Waals surface area contributed by atoms with Gasteiger partial charge < -0.3 is 10.1 Å². The van der Waals surface area contributed by atoms with Crippen molar-refractivity contribution < 1.29 is 4.74 Å². The summed E-state index contributed by atoms with van der Waals surface area (Å²) in [5, 5.41) is 3.63. The van der Waals surface area contributed by atoms with Gasteiger partial charge in [0.1, 0.15) is 5.75 Å². The fourth-order valence-corrected chi connectivity index (χ4v) is 2.58. The molecule has 1 N–H and O–H groups in total. The monoisotopic (exact) mass is 219 g/mol. The van der Waals surface area contributed by atoms with Crippen LogP contribution in [0.4, 0.5) is 0 Å². The molecule has 0 fully saturated rings. The molecule has 2 heteroatoms. The molecule has 0 bridgehead atoms. The lowest BCUT2D eigenvalue weighted by Gasteiger charge is -2.29. The number of ether oxygens (including phenoxy) is 1. The van der Waals surface area contributed by atoms with Crippen LogP contribution in [0.2, 0.25) is 0 Å². The van der Waals surface area contributed by atoms with Crippen LogP contribution in [0.5, 0.6) is 5.75 Å². The SMILES string of the molecule is COc1cccc2c1CCC[C@H]2NC(C)C. The number of fused-ring (bicyclic) bond motifs is 1. The summed E-state index contributed by atoms with van der Waals surface area (Å²) in [6, 6.07) is 7.42. The molecule has 1 aromatic rings. The van der Waals surface area contributed by atoms with E-state index in [0.29, 0.717) is 12.1 Å². The van der Waals surface area contributed by atoms with Gasteiger partial charge in [0.15, 0.2) is 0 Å². The third-order valence-corrected chi connectivity index (χ3v) is 3.22. The van der Waals surface area contributed by atoms with Crippen LogP contribution in [0, 0.1) is 0 Å². The maximum atomic E-state index is 5.44. The highest BCUT2D eigenvalue weighted by atomic mass is 16.5. The van der Waals surface area contributed by atoms with E-state index in [2.05, 4.69) is 37.4 Å². The topological polar surface area (TPSA) is 21.3 Å². The molecule has 0 heterocycles. The molecular formula is C14H21NO. The number of rotatable bonds is 3. The van der Waals surface area contributed by atoms with Crippen molar-refractivity contribution in [1.82, 2.24) is 5.32 Å². The van der Waals surface area contributed by atoms with E-state index < -0.39 is 0 Å². The van der Waals surface area contributed by atoms with Gasteiger partial charge in [0.25, 0.3) is 0 Å². The summed E-state index contributed by atoms with van der Waals surface area (Å²) in [5.41, 5.74) is 2.83. The van der Waals surface area contributed by atoms with E-state index in [1.54, 1.807) is 7.11 Å². The fraction of sp³-hybridized carbons (Fsp3) is 0.571. The number of benzene rings is 1. The Kier molecular flexibility index (Phi) is 3.49. The van der Waals surface area contributed by atoms with Crippen LogP contribution >= 0.6 is 0 Å². The van der Waals surface area contributed by atoms with Crippen LogP contribution in [-0.2, 0) is 6.42 Å². The first-order chi connectivity index (χ1) is 7.72. The molecule has 2 nitrogen and oxygen atoms in total. The summed E-state index contributed by atoms with van der Waals surface area (Å²) in [6.07, 6.45) is 3.63. The highest BCUT2D eigenvalue weighted by Crippen LogP contribution is 2.35. The van der Waals surface area contributed by atoms with Crippen molar-refractivity contribution >= 4 is 0 Å². The van der Waals surface area contributed by atoms with E-state index in [1.807, 2.05) is 0 Å².